The third-order valence-corrected chi connectivity index (χ3v) is 3.91. The summed E-state index contributed by atoms with van der Waals surface area (Å²) in [5.41, 5.74) is 8.58. The lowest BCUT2D eigenvalue weighted by Gasteiger charge is -2.25. The zero-order chi connectivity index (χ0) is 13.4. The highest BCUT2D eigenvalue weighted by Crippen LogP contribution is 2.29. The van der Waals surface area contributed by atoms with Gasteiger partial charge in [-0.2, -0.15) is 0 Å². The average Bonchev–Trinajstić information content (AvgIpc) is 2.83. The summed E-state index contributed by atoms with van der Waals surface area (Å²) in [6, 6.07) is 8.76. The molecule has 3 rings (SSSR count). The standard InChI is InChI=1S/C15H20N4/c1-3-11-4-6-12(7-5-11)15-18-17-14-10(2)8-13(16)9-19(14)15/h4-7,10,13H,3,8-9,16H2,1-2H3. The first-order chi connectivity index (χ1) is 9.19. The Balaban J connectivity index is 2.01. The molecule has 0 spiro atoms. The summed E-state index contributed by atoms with van der Waals surface area (Å²) in [6.07, 6.45) is 2.05. The van der Waals surface area contributed by atoms with E-state index in [4.69, 9.17) is 5.73 Å². The second-order valence-electron chi connectivity index (χ2n) is 5.44. The minimum atomic E-state index is 0.201. The lowest BCUT2D eigenvalue weighted by Crippen LogP contribution is -2.33. The highest BCUT2D eigenvalue weighted by molar-refractivity contribution is 5.56. The molecule has 0 amide bonds. The van der Waals surface area contributed by atoms with E-state index in [-0.39, 0.29) is 6.04 Å². The summed E-state index contributed by atoms with van der Waals surface area (Å²) < 4.78 is 2.18. The predicted octanol–water partition coefficient (Wildman–Crippen LogP) is 2.34. The zero-order valence-corrected chi connectivity index (χ0v) is 11.5. The number of nitrogens with two attached hydrogens (primary N) is 1. The van der Waals surface area contributed by atoms with Crippen molar-refractivity contribution in [1.82, 2.24) is 14.8 Å². The lowest BCUT2D eigenvalue weighted by molar-refractivity contribution is 0.409. The number of aryl methyl sites for hydroxylation is 1. The number of hydrogen-bond acceptors (Lipinski definition) is 3. The van der Waals surface area contributed by atoms with Crippen LogP contribution in [0.1, 0.15) is 37.6 Å². The highest BCUT2D eigenvalue weighted by Gasteiger charge is 2.26. The van der Waals surface area contributed by atoms with Crippen molar-refractivity contribution in [2.24, 2.45) is 5.73 Å². The molecule has 0 fully saturated rings. The molecule has 2 unspecified atom stereocenters. The first kappa shape index (κ1) is 12.4. The van der Waals surface area contributed by atoms with Crippen molar-refractivity contribution in [2.75, 3.05) is 0 Å². The predicted molar refractivity (Wildman–Crippen MR) is 75.8 cm³/mol. The molecular formula is C15H20N4. The minimum Gasteiger partial charge on any atom is -0.326 e. The van der Waals surface area contributed by atoms with Gasteiger partial charge in [0, 0.05) is 24.1 Å². The van der Waals surface area contributed by atoms with Crippen LogP contribution in [0.2, 0.25) is 0 Å². The molecule has 0 bridgehead atoms. The quantitative estimate of drug-likeness (QED) is 0.897. The van der Waals surface area contributed by atoms with Gasteiger partial charge in [0.15, 0.2) is 5.82 Å². The Morgan fingerprint density at radius 3 is 2.68 bits per heavy atom. The molecule has 100 valence electrons. The van der Waals surface area contributed by atoms with Gasteiger partial charge in [0.05, 0.1) is 0 Å². The van der Waals surface area contributed by atoms with Crippen LogP contribution in [-0.2, 0) is 13.0 Å². The summed E-state index contributed by atoms with van der Waals surface area (Å²) in [4.78, 5) is 0. The molecule has 4 nitrogen and oxygen atoms in total. The largest absolute Gasteiger partial charge is 0.326 e. The van der Waals surface area contributed by atoms with Crippen molar-refractivity contribution in [3.63, 3.8) is 0 Å². The summed E-state index contributed by atoms with van der Waals surface area (Å²) in [7, 11) is 0. The van der Waals surface area contributed by atoms with Gasteiger partial charge in [0.1, 0.15) is 5.82 Å². The maximum Gasteiger partial charge on any atom is 0.164 e. The van der Waals surface area contributed by atoms with Gasteiger partial charge in [-0.3, -0.25) is 0 Å². The number of rotatable bonds is 2. The van der Waals surface area contributed by atoms with Gasteiger partial charge in [-0.25, -0.2) is 0 Å². The molecule has 4 heteroatoms. The fourth-order valence-corrected chi connectivity index (χ4v) is 2.83. The minimum absolute atomic E-state index is 0.201. The normalized spacial score (nSPS) is 22.3. The first-order valence-corrected chi connectivity index (χ1v) is 6.97. The van der Waals surface area contributed by atoms with E-state index >= 15 is 0 Å². The highest BCUT2D eigenvalue weighted by atomic mass is 15.3. The van der Waals surface area contributed by atoms with Crippen LogP contribution in [0.4, 0.5) is 0 Å². The molecule has 0 radical (unpaired) electrons. The molecule has 2 heterocycles. The molecular weight excluding hydrogens is 236 g/mol. The van der Waals surface area contributed by atoms with Crippen LogP contribution in [0.5, 0.6) is 0 Å². The molecule has 19 heavy (non-hydrogen) atoms. The molecule has 2 atom stereocenters. The monoisotopic (exact) mass is 256 g/mol. The fraction of sp³-hybridized carbons (Fsp3) is 0.467. The average molecular weight is 256 g/mol. The van der Waals surface area contributed by atoms with Crippen LogP contribution in [0.15, 0.2) is 24.3 Å². The molecule has 1 aromatic heterocycles. The Labute approximate surface area is 113 Å². The molecule has 2 aromatic rings. The fourth-order valence-electron chi connectivity index (χ4n) is 2.83. The molecule has 1 aliphatic heterocycles. The molecule has 1 aromatic carbocycles. The van der Waals surface area contributed by atoms with Crippen molar-refractivity contribution in [3.8, 4) is 11.4 Å². The van der Waals surface area contributed by atoms with E-state index in [2.05, 4.69) is 52.9 Å². The molecule has 1 aliphatic rings. The van der Waals surface area contributed by atoms with Crippen molar-refractivity contribution >= 4 is 0 Å². The van der Waals surface area contributed by atoms with Gasteiger partial charge < -0.3 is 10.3 Å². The second-order valence-corrected chi connectivity index (χ2v) is 5.44. The third kappa shape index (κ3) is 2.16. The Morgan fingerprint density at radius 1 is 1.26 bits per heavy atom. The third-order valence-electron chi connectivity index (χ3n) is 3.91. The van der Waals surface area contributed by atoms with Gasteiger partial charge in [-0.15, -0.1) is 10.2 Å². The van der Waals surface area contributed by atoms with Crippen LogP contribution >= 0.6 is 0 Å². The van der Waals surface area contributed by atoms with E-state index in [9.17, 15) is 0 Å². The topological polar surface area (TPSA) is 56.7 Å². The molecule has 2 N–H and O–H groups in total. The summed E-state index contributed by atoms with van der Waals surface area (Å²) in [5, 5.41) is 8.71. The van der Waals surface area contributed by atoms with Gasteiger partial charge in [-0.1, -0.05) is 38.1 Å². The zero-order valence-electron chi connectivity index (χ0n) is 11.5. The summed E-state index contributed by atoms with van der Waals surface area (Å²) in [6.45, 7) is 5.15. The Bertz CT molecular complexity index is 570. The van der Waals surface area contributed by atoms with E-state index in [0.29, 0.717) is 5.92 Å². The van der Waals surface area contributed by atoms with Gasteiger partial charge in [-0.05, 0) is 18.4 Å². The van der Waals surface area contributed by atoms with Gasteiger partial charge in [0.25, 0.3) is 0 Å². The Morgan fingerprint density at radius 2 is 2.00 bits per heavy atom. The molecule has 0 aliphatic carbocycles. The number of aromatic nitrogens is 3. The first-order valence-electron chi connectivity index (χ1n) is 6.97. The number of benzene rings is 1. The van der Waals surface area contributed by atoms with Crippen molar-refractivity contribution in [3.05, 3.63) is 35.7 Å². The van der Waals surface area contributed by atoms with E-state index in [1.807, 2.05) is 0 Å². The van der Waals surface area contributed by atoms with E-state index in [1.165, 1.54) is 5.56 Å². The van der Waals surface area contributed by atoms with Gasteiger partial charge in [0.2, 0.25) is 0 Å². The van der Waals surface area contributed by atoms with Crippen LogP contribution in [-0.4, -0.2) is 20.8 Å². The van der Waals surface area contributed by atoms with Crippen molar-refractivity contribution in [1.29, 1.82) is 0 Å². The smallest absolute Gasteiger partial charge is 0.164 e. The van der Waals surface area contributed by atoms with Crippen LogP contribution in [0.25, 0.3) is 11.4 Å². The van der Waals surface area contributed by atoms with Crippen LogP contribution < -0.4 is 5.73 Å². The lowest BCUT2D eigenvalue weighted by atomic mass is 9.97. The maximum atomic E-state index is 6.12. The second kappa shape index (κ2) is 4.78. The van der Waals surface area contributed by atoms with Crippen LogP contribution in [0, 0.1) is 0 Å². The Kier molecular flexibility index (Phi) is 3.11. The Hall–Kier alpha value is -1.68. The van der Waals surface area contributed by atoms with Crippen molar-refractivity contribution < 1.29 is 0 Å². The summed E-state index contributed by atoms with van der Waals surface area (Å²) >= 11 is 0. The van der Waals surface area contributed by atoms with Gasteiger partial charge >= 0.3 is 0 Å². The van der Waals surface area contributed by atoms with Crippen molar-refractivity contribution in [2.45, 2.75) is 45.2 Å². The van der Waals surface area contributed by atoms with E-state index in [0.717, 1.165) is 36.6 Å². The maximum absolute atomic E-state index is 6.12. The molecule has 0 saturated carbocycles. The van der Waals surface area contributed by atoms with E-state index < -0.39 is 0 Å². The SMILES string of the molecule is CCc1ccc(-c2nnc3n2CC(N)CC3C)cc1. The van der Waals surface area contributed by atoms with E-state index in [1.54, 1.807) is 0 Å². The number of nitrogens with zero attached hydrogens (tertiary/aromatic N) is 3. The summed E-state index contributed by atoms with van der Waals surface area (Å²) in [5.74, 6) is 2.40. The number of hydrogen-bond donors (Lipinski definition) is 1. The van der Waals surface area contributed by atoms with Crippen LogP contribution in [0.3, 0.4) is 0 Å². The molecule has 0 saturated heterocycles. The number of fused-ring (bicyclic) bond motifs is 1.